The fourth-order valence-electron chi connectivity index (χ4n) is 3.95. The van der Waals surface area contributed by atoms with Crippen LogP contribution in [0, 0.1) is 6.92 Å². The summed E-state index contributed by atoms with van der Waals surface area (Å²) in [5.74, 6) is 0.624. The maximum Gasteiger partial charge on any atom is 0.298 e. The van der Waals surface area contributed by atoms with Crippen LogP contribution in [0.4, 0.5) is 0 Å². The summed E-state index contributed by atoms with van der Waals surface area (Å²) in [5.41, 5.74) is 3.03. The summed E-state index contributed by atoms with van der Waals surface area (Å²) < 4.78 is 10.9. The van der Waals surface area contributed by atoms with Gasteiger partial charge in [-0.1, -0.05) is 29.8 Å². The molecule has 0 aliphatic carbocycles. The molecule has 1 N–H and O–H groups in total. The largest absolute Gasteiger partial charge is 0.467 e. The number of quaternary nitrogens is 1. The lowest BCUT2D eigenvalue weighted by atomic mass is 10.0. The Hall–Kier alpha value is -2.97. The average molecular weight is 426 g/mol. The highest BCUT2D eigenvalue weighted by Gasteiger charge is 2.36. The van der Waals surface area contributed by atoms with Crippen molar-refractivity contribution in [1.29, 1.82) is 0 Å². The number of hydrogen-bond acceptors (Lipinski definition) is 5. The Balaban J connectivity index is 1.45. The zero-order valence-electron chi connectivity index (χ0n) is 18.0. The Kier molecular flexibility index (Phi) is 6.48. The average Bonchev–Trinajstić information content (AvgIpc) is 3.45. The van der Waals surface area contributed by atoms with Gasteiger partial charge >= 0.3 is 0 Å². The van der Waals surface area contributed by atoms with Gasteiger partial charge in [0, 0.05) is 19.5 Å². The van der Waals surface area contributed by atoms with Gasteiger partial charge in [-0.15, -0.1) is 0 Å². The first-order valence-corrected chi connectivity index (χ1v) is 10.7. The maximum absolute atomic E-state index is 13.2. The number of likely N-dealkylation sites (N-methyl/N-ethyl adjacent to an activating group) is 1. The quantitative estimate of drug-likeness (QED) is 0.737. The van der Waals surface area contributed by atoms with E-state index in [-0.39, 0.29) is 30.9 Å². The summed E-state index contributed by atoms with van der Waals surface area (Å²) in [6, 6.07) is 11.6. The molecule has 2 aliphatic rings. The number of aryl methyl sites for hydroxylation is 1. The van der Waals surface area contributed by atoms with Crippen LogP contribution >= 0.6 is 0 Å². The highest BCUT2D eigenvalue weighted by atomic mass is 16.5. The van der Waals surface area contributed by atoms with Crippen LogP contribution in [0.2, 0.25) is 0 Å². The molecule has 164 valence electrons. The third-order valence-corrected chi connectivity index (χ3v) is 5.69. The summed E-state index contributed by atoms with van der Waals surface area (Å²) in [5, 5.41) is 6.19. The first kappa shape index (κ1) is 21.3. The van der Waals surface area contributed by atoms with Crippen LogP contribution in [0.1, 0.15) is 29.3 Å². The van der Waals surface area contributed by atoms with Crippen LogP contribution in [0.25, 0.3) is 0 Å². The standard InChI is InChI=1S/C23H28N4O4/c1-17-5-7-18(8-6-17)19-14-20(21-4-3-11-31-21)27(24-19)23(29)16-25(2)15-22(28)26-9-12-30-13-10-26/h3-8,11,20H,9-10,12-16H2,1-2H3/p+1/t20-/m1/s1. The van der Waals surface area contributed by atoms with Crippen LogP contribution in [-0.4, -0.2) is 73.9 Å². The van der Waals surface area contributed by atoms with Crippen molar-refractivity contribution >= 4 is 17.5 Å². The number of carbonyl (C=O) groups is 2. The fourth-order valence-corrected chi connectivity index (χ4v) is 3.95. The lowest BCUT2D eigenvalue weighted by Crippen LogP contribution is -3.11. The summed E-state index contributed by atoms with van der Waals surface area (Å²) in [4.78, 5) is 28.3. The monoisotopic (exact) mass is 425 g/mol. The second-order valence-corrected chi connectivity index (χ2v) is 8.19. The molecular weight excluding hydrogens is 396 g/mol. The molecule has 2 aliphatic heterocycles. The number of furan rings is 1. The Bertz CT molecular complexity index is 933. The number of rotatable bonds is 6. The van der Waals surface area contributed by atoms with E-state index in [1.54, 1.807) is 11.2 Å². The van der Waals surface area contributed by atoms with E-state index in [4.69, 9.17) is 9.15 Å². The first-order chi connectivity index (χ1) is 15.0. The maximum atomic E-state index is 13.2. The number of carbonyl (C=O) groups excluding carboxylic acids is 2. The number of hydrazone groups is 1. The van der Waals surface area contributed by atoms with Crippen molar-refractivity contribution in [3.05, 3.63) is 59.5 Å². The molecule has 8 heteroatoms. The van der Waals surface area contributed by atoms with E-state index in [0.717, 1.165) is 16.2 Å². The van der Waals surface area contributed by atoms with Crippen molar-refractivity contribution in [3.8, 4) is 0 Å². The summed E-state index contributed by atoms with van der Waals surface area (Å²) in [6.45, 7) is 4.83. The van der Waals surface area contributed by atoms with E-state index in [2.05, 4.69) is 5.10 Å². The Morgan fingerprint density at radius 3 is 2.48 bits per heavy atom. The molecule has 2 atom stereocenters. The minimum absolute atomic E-state index is 0.0430. The lowest BCUT2D eigenvalue weighted by molar-refractivity contribution is -0.863. The smallest absolute Gasteiger partial charge is 0.298 e. The normalized spacial score (nSPS) is 19.9. The summed E-state index contributed by atoms with van der Waals surface area (Å²) in [7, 11) is 1.86. The lowest BCUT2D eigenvalue weighted by Gasteiger charge is -2.28. The van der Waals surface area contributed by atoms with Crippen molar-refractivity contribution in [1.82, 2.24) is 9.91 Å². The predicted octanol–water partition coefficient (Wildman–Crippen LogP) is 0.639. The van der Waals surface area contributed by atoms with E-state index in [1.165, 1.54) is 10.6 Å². The zero-order valence-corrected chi connectivity index (χ0v) is 18.0. The Labute approximate surface area is 182 Å². The Morgan fingerprint density at radius 1 is 1.10 bits per heavy atom. The van der Waals surface area contributed by atoms with Gasteiger partial charge in [-0.3, -0.25) is 9.59 Å². The van der Waals surface area contributed by atoms with Crippen molar-refractivity contribution in [3.63, 3.8) is 0 Å². The molecule has 1 unspecified atom stereocenters. The van der Waals surface area contributed by atoms with Gasteiger partial charge in [0.2, 0.25) is 0 Å². The molecule has 2 aromatic rings. The number of nitrogens with zero attached hydrogens (tertiary/aromatic N) is 3. The molecule has 1 fully saturated rings. The number of morpholine rings is 1. The van der Waals surface area contributed by atoms with Gasteiger partial charge in [-0.25, -0.2) is 5.01 Å². The predicted molar refractivity (Wildman–Crippen MR) is 115 cm³/mol. The van der Waals surface area contributed by atoms with Gasteiger partial charge in [0.05, 0.1) is 32.2 Å². The van der Waals surface area contributed by atoms with E-state index in [1.807, 2.05) is 50.4 Å². The van der Waals surface area contributed by atoms with Gasteiger partial charge in [0.1, 0.15) is 11.8 Å². The van der Waals surface area contributed by atoms with Crippen molar-refractivity contribution in [2.24, 2.45) is 5.10 Å². The molecule has 8 nitrogen and oxygen atoms in total. The molecule has 1 aromatic heterocycles. The summed E-state index contributed by atoms with van der Waals surface area (Å²) in [6.07, 6.45) is 2.20. The molecule has 0 saturated carbocycles. The molecule has 3 heterocycles. The number of nitrogens with one attached hydrogen (secondary N) is 1. The number of amides is 2. The third kappa shape index (κ3) is 5.03. The molecule has 0 radical (unpaired) electrons. The second-order valence-electron chi connectivity index (χ2n) is 8.19. The number of benzene rings is 1. The summed E-state index contributed by atoms with van der Waals surface area (Å²) >= 11 is 0. The van der Waals surface area contributed by atoms with Gasteiger partial charge in [-0.05, 0) is 24.6 Å². The van der Waals surface area contributed by atoms with Crippen molar-refractivity contribution in [2.45, 2.75) is 19.4 Å². The van der Waals surface area contributed by atoms with Crippen LogP contribution in [0.3, 0.4) is 0 Å². The van der Waals surface area contributed by atoms with E-state index in [0.29, 0.717) is 38.5 Å². The van der Waals surface area contributed by atoms with E-state index < -0.39 is 0 Å². The zero-order chi connectivity index (χ0) is 21.8. The first-order valence-electron chi connectivity index (χ1n) is 10.7. The molecule has 0 bridgehead atoms. The second kappa shape index (κ2) is 9.45. The molecule has 31 heavy (non-hydrogen) atoms. The van der Waals surface area contributed by atoms with Gasteiger partial charge in [0.25, 0.3) is 11.8 Å². The highest BCUT2D eigenvalue weighted by molar-refractivity contribution is 6.03. The van der Waals surface area contributed by atoms with Gasteiger partial charge in [-0.2, -0.15) is 5.10 Å². The molecule has 1 saturated heterocycles. The molecule has 1 aromatic carbocycles. The fraction of sp³-hybridized carbons (Fsp3) is 0.435. The van der Waals surface area contributed by atoms with Crippen molar-refractivity contribution in [2.75, 3.05) is 46.4 Å². The minimum Gasteiger partial charge on any atom is -0.467 e. The van der Waals surface area contributed by atoms with Gasteiger partial charge < -0.3 is 19.0 Å². The molecule has 0 spiro atoms. The molecule has 2 amide bonds. The van der Waals surface area contributed by atoms with E-state index in [9.17, 15) is 9.59 Å². The van der Waals surface area contributed by atoms with E-state index >= 15 is 0 Å². The Morgan fingerprint density at radius 2 is 1.81 bits per heavy atom. The van der Waals surface area contributed by atoms with Gasteiger partial charge in [0.15, 0.2) is 13.1 Å². The van der Waals surface area contributed by atoms with Crippen LogP contribution < -0.4 is 4.90 Å². The van der Waals surface area contributed by atoms with Crippen LogP contribution in [0.15, 0.2) is 52.2 Å². The molecule has 4 rings (SSSR count). The molecular formula is C23H29N4O4+. The van der Waals surface area contributed by atoms with Crippen molar-refractivity contribution < 1.29 is 23.6 Å². The highest BCUT2D eigenvalue weighted by Crippen LogP contribution is 2.32. The number of hydrogen-bond donors (Lipinski definition) is 1. The van der Waals surface area contributed by atoms with Crippen LogP contribution in [-0.2, 0) is 14.3 Å². The SMILES string of the molecule is Cc1ccc(C2=NN(C(=O)C[NH+](C)CC(=O)N3CCOCC3)[C@@H](c3ccco3)C2)cc1. The third-order valence-electron chi connectivity index (χ3n) is 5.69. The topological polar surface area (TPSA) is 79.8 Å². The minimum atomic E-state index is -0.276. The van der Waals surface area contributed by atoms with Crippen LogP contribution in [0.5, 0.6) is 0 Å². The number of ether oxygens (including phenoxy) is 1.